The summed E-state index contributed by atoms with van der Waals surface area (Å²) in [6.45, 7) is 7.00. The van der Waals surface area contributed by atoms with E-state index in [1.165, 1.54) is 10.6 Å². The van der Waals surface area contributed by atoms with E-state index in [1.54, 1.807) is 0 Å². The largest absolute Gasteiger partial charge is 0.507 e. The van der Waals surface area contributed by atoms with Crippen LogP contribution in [0.2, 0.25) is 19.6 Å². The first kappa shape index (κ1) is 15.9. The highest BCUT2D eigenvalue weighted by molar-refractivity contribution is 6.90. The number of hydrogen-bond acceptors (Lipinski definition) is 1. The molecule has 0 atom stereocenters. The van der Waals surface area contributed by atoms with Crippen LogP contribution in [-0.2, 0) is 0 Å². The summed E-state index contributed by atoms with van der Waals surface area (Å²) in [6.07, 6.45) is 0. The van der Waals surface area contributed by atoms with Crippen LogP contribution in [0.4, 0.5) is 0 Å². The molecule has 0 spiro atoms. The number of phenols is 1. The minimum Gasteiger partial charge on any atom is -0.507 e. The van der Waals surface area contributed by atoms with E-state index in [0.717, 1.165) is 27.3 Å². The van der Waals surface area contributed by atoms with Gasteiger partial charge in [0, 0.05) is 10.9 Å². The van der Waals surface area contributed by atoms with Gasteiger partial charge in [-0.1, -0.05) is 80.3 Å². The Morgan fingerprint density at radius 3 is 1.92 bits per heavy atom. The van der Waals surface area contributed by atoms with Crippen molar-refractivity contribution in [1.82, 2.24) is 0 Å². The molecular formula is C23H22OSi. The molecule has 0 aliphatic rings. The Balaban J connectivity index is 2.15. The Morgan fingerprint density at radius 1 is 0.680 bits per heavy atom. The zero-order chi connectivity index (χ0) is 17.6. The average molecular weight is 343 g/mol. The Kier molecular flexibility index (Phi) is 3.66. The van der Waals surface area contributed by atoms with Gasteiger partial charge < -0.3 is 5.11 Å². The molecular weight excluding hydrogens is 320 g/mol. The summed E-state index contributed by atoms with van der Waals surface area (Å²) in [6, 6.07) is 25.2. The van der Waals surface area contributed by atoms with E-state index in [-0.39, 0.29) is 0 Å². The first-order chi connectivity index (χ1) is 11.9. The number of aromatic hydroxyl groups is 1. The number of fused-ring (bicyclic) bond motifs is 2. The van der Waals surface area contributed by atoms with Crippen LogP contribution in [0.5, 0.6) is 5.75 Å². The summed E-state index contributed by atoms with van der Waals surface area (Å²) in [5.41, 5.74) is 2.09. The lowest BCUT2D eigenvalue weighted by molar-refractivity contribution is 0.484. The standard InChI is InChI=1S/C23H22OSi/c1-25(2,3)21-15-19-13-17-11-7-8-12-18(17)14-20(19)23(24)22(21)16-9-5-4-6-10-16/h4-15,24H,1-3H3. The normalized spacial score (nSPS) is 12.0. The number of hydrogen-bond donors (Lipinski definition) is 1. The van der Waals surface area contributed by atoms with Crippen LogP contribution < -0.4 is 5.19 Å². The Hall–Kier alpha value is -2.58. The molecule has 4 aromatic rings. The van der Waals surface area contributed by atoms with Crippen LogP contribution in [0.3, 0.4) is 0 Å². The molecule has 0 aromatic heterocycles. The van der Waals surface area contributed by atoms with Crippen molar-refractivity contribution in [2.75, 3.05) is 0 Å². The van der Waals surface area contributed by atoms with Gasteiger partial charge in [-0.2, -0.15) is 0 Å². The molecule has 25 heavy (non-hydrogen) atoms. The smallest absolute Gasteiger partial charge is 0.131 e. The minimum absolute atomic E-state index is 0.409. The summed E-state index contributed by atoms with van der Waals surface area (Å²) >= 11 is 0. The highest BCUT2D eigenvalue weighted by atomic mass is 28.3. The molecule has 124 valence electrons. The van der Waals surface area contributed by atoms with E-state index in [0.29, 0.717) is 5.75 Å². The Bertz CT molecular complexity index is 1080. The molecule has 0 bridgehead atoms. The van der Waals surface area contributed by atoms with Crippen LogP contribution in [0.15, 0.2) is 72.8 Å². The van der Waals surface area contributed by atoms with E-state index in [4.69, 9.17) is 0 Å². The molecule has 0 saturated carbocycles. The molecule has 0 heterocycles. The second kappa shape index (κ2) is 5.75. The SMILES string of the molecule is C[Si](C)(C)c1cc2cc3ccccc3cc2c(O)c1-c1ccccc1. The Morgan fingerprint density at radius 2 is 1.28 bits per heavy atom. The predicted molar refractivity (Wildman–Crippen MR) is 112 cm³/mol. The monoisotopic (exact) mass is 342 g/mol. The van der Waals surface area contributed by atoms with Crippen LogP contribution in [0.25, 0.3) is 32.7 Å². The maximum absolute atomic E-state index is 11.2. The van der Waals surface area contributed by atoms with Gasteiger partial charge >= 0.3 is 0 Å². The minimum atomic E-state index is -1.64. The van der Waals surface area contributed by atoms with Gasteiger partial charge in [0.15, 0.2) is 0 Å². The fourth-order valence-electron chi connectivity index (χ4n) is 3.56. The molecule has 4 aromatic carbocycles. The molecule has 1 N–H and O–H groups in total. The molecule has 0 unspecified atom stereocenters. The fraction of sp³-hybridized carbons (Fsp3) is 0.130. The van der Waals surface area contributed by atoms with Gasteiger partial charge in [-0.3, -0.25) is 0 Å². The lowest BCUT2D eigenvalue weighted by Gasteiger charge is -2.24. The molecule has 4 rings (SSSR count). The van der Waals surface area contributed by atoms with E-state index < -0.39 is 8.07 Å². The van der Waals surface area contributed by atoms with Crippen molar-refractivity contribution in [1.29, 1.82) is 0 Å². The van der Waals surface area contributed by atoms with Gasteiger partial charge in [-0.15, -0.1) is 0 Å². The van der Waals surface area contributed by atoms with Crippen molar-refractivity contribution in [3.05, 3.63) is 72.8 Å². The van der Waals surface area contributed by atoms with Gasteiger partial charge in [-0.05, 0) is 39.0 Å². The summed E-state index contributed by atoms with van der Waals surface area (Å²) in [4.78, 5) is 0. The first-order valence-electron chi connectivity index (χ1n) is 8.69. The summed E-state index contributed by atoms with van der Waals surface area (Å²) in [5, 5.41) is 17.0. The third-order valence-electron chi connectivity index (χ3n) is 4.85. The van der Waals surface area contributed by atoms with Gasteiger partial charge in [0.1, 0.15) is 5.75 Å². The predicted octanol–water partition coefficient (Wildman–Crippen LogP) is 5.91. The van der Waals surface area contributed by atoms with Crippen molar-refractivity contribution in [3.8, 4) is 16.9 Å². The van der Waals surface area contributed by atoms with Crippen LogP contribution >= 0.6 is 0 Å². The van der Waals surface area contributed by atoms with E-state index in [2.05, 4.69) is 68.2 Å². The number of rotatable bonds is 2. The Labute approximate surface area is 149 Å². The molecule has 0 fully saturated rings. The maximum Gasteiger partial charge on any atom is 0.131 e. The van der Waals surface area contributed by atoms with Crippen molar-refractivity contribution in [2.24, 2.45) is 0 Å². The van der Waals surface area contributed by atoms with E-state index in [9.17, 15) is 5.11 Å². The van der Waals surface area contributed by atoms with Crippen molar-refractivity contribution in [3.63, 3.8) is 0 Å². The molecule has 1 nitrogen and oxygen atoms in total. The highest BCUT2D eigenvalue weighted by Gasteiger charge is 2.25. The fourth-order valence-corrected chi connectivity index (χ4v) is 5.16. The van der Waals surface area contributed by atoms with Crippen molar-refractivity contribution >= 4 is 34.8 Å². The van der Waals surface area contributed by atoms with Crippen LogP contribution in [-0.4, -0.2) is 13.2 Å². The van der Waals surface area contributed by atoms with Gasteiger partial charge in [-0.25, -0.2) is 0 Å². The first-order valence-corrected chi connectivity index (χ1v) is 12.2. The second-order valence-corrected chi connectivity index (χ2v) is 12.7. The van der Waals surface area contributed by atoms with E-state index in [1.807, 2.05) is 24.3 Å². The maximum atomic E-state index is 11.2. The lowest BCUT2D eigenvalue weighted by Crippen LogP contribution is -2.39. The molecule has 0 radical (unpaired) electrons. The molecule has 0 aliphatic carbocycles. The third-order valence-corrected chi connectivity index (χ3v) is 6.86. The average Bonchev–Trinajstić information content (AvgIpc) is 2.60. The molecule has 0 amide bonds. The zero-order valence-electron chi connectivity index (χ0n) is 14.9. The van der Waals surface area contributed by atoms with Crippen molar-refractivity contribution in [2.45, 2.75) is 19.6 Å². The summed E-state index contributed by atoms with van der Waals surface area (Å²) < 4.78 is 0. The number of benzene rings is 4. The summed E-state index contributed by atoms with van der Waals surface area (Å²) in [7, 11) is -1.64. The third kappa shape index (κ3) is 2.73. The molecule has 0 saturated heterocycles. The van der Waals surface area contributed by atoms with Crippen LogP contribution in [0, 0.1) is 0 Å². The molecule has 0 aliphatic heterocycles. The van der Waals surface area contributed by atoms with Gasteiger partial charge in [0.2, 0.25) is 0 Å². The summed E-state index contributed by atoms with van der Waals surface area (Å²) in [5.74, 6) is 0.409. The highest BCUT2D eigenvalue weighted by Crippen LogP contribution is 2.37. The van der Waals surface area contributed by atoms with Gasteiger partial charge in [0.25, 0.3) is 0 Å². The quantitative estimate of drug-likeness (QED) is 0.354. The van der Waals surface area contributed by atoms with Crippen LogP contribution in [0.1, 0.15) is 0 Å². The van der Waals surface area contributed by atoms with E-state index >= 15 is 0 Å². The second-order valence-electron chi connectivity index (χ2n) is 7.68. The zero-order valence-corrected chi connectivity index (χ0v) is 15.9. The van der Waals surface area contributed by atoms with Crippen molar-refractivity contribution < 1.29 is 5.11 Å². The topological polar surface area (TPSA) is 20.2 Å². The molecule has 2 heteroatoms. The van der Waals surface area contributed by atoms with Gasteiger partial charge in [0.05, 0.1) is 8.07 Å². The lowest BCUT2D eigenvalue weighted by atomic mass is 9.97. The number of phenolic OH excluding ortho intramolecular Hbond substituents is 1.